The first kappa shape index (κ1) is 13.4. The molecule has 1 aliphatic rings. The second kappa shape index (κ2) is 5.31. The standard InChI is InChI=1S/C12H11F2NO4/c13-7-1-2-9(14)8(5-7)11(16)15-3-4-19-10(6-15)12(17)18/h1-2,5,10H,3-4,6H2,(H,17,18). The molecule has 1 atom stereocenters. The summed E-state index contributed by atoms with van der Waals surface area (Å²) in [6.07, 6.45) is -1.14. The topological polar surface area (TPSA) is 66.8 Å². The number of halogens is 2. The van der Waals surface area contributed by atoms with Gasteiger partial charge in [-0.25, -0.2) is 13.6 Å². The zero-order chi connectivity index (χ0) is 14.0. The fourth-order valence-corrected chi connectivity index (χ4v) is 1.81. The number of rotatable bonds is 2. The molecule has 1 aromatic rings. The maximum absolute atomic E-state index is 13.5. The van der Waals surface area contributed by atoms with Crippen LogP contribution in [0.5, 0.6) is 0 Å². The molecule has 1 aliphatic heterocycles. The number of carbonyl (C=O) groups is 2. The van der Waals surface area contributed by atoms with Crippen LogP contribution in [0.3, 0.4) is 0 Å². The Morgan fingerprint density at radius 2 is 2.11 bits per heavy atom. The van der Waals surface area contributed by atoms with Crippen molar-refractivity contribution in [2.75, 3.05) is 19.7 Å². The van der Waals surface area contributed by atoms with Crippen molar-refractivity contribution in [2.45, 2.75) is 6.10 Å². The van der Waals surface area contributed by atoms with Gasteiger partial charge < -0.3 is 14.7 Å². The van der Waals surface area contributed by atoms with Crippen LogP contribution in [0.1, 0.15) is 10.4 Å². The number of carboxylic acids is 1. The molecule has 19 heavy (non-hydrogen) atoms. The van der Waals surface area contributed by atoms with Crippen molar-refractivity contribution in [1.82, 2.24) is 4.90 Å². The van der Waals surface area contributed by atoms with Gasteiger partial charge in [-0.15, -0.1) is 0 Å². The Hall–Kier alpha value is -2.02. The zero-order valence-electron chi connectivity index (χ0n) is 9.81. The minimum Gasteiger partial charge on any atom is -0.479 e. The van der Waals surface area contributed by atoms with Gasteiger partial charge in [0.05, 0.1) is 18.7 Å². The van der Waals surface area contributed by atoms with Crippen molar-refractivity contribution < 1.29 is 28.2 Å². The van der Waals surface area contributed by atoms with Gasteiger partial charge >= 0.3 is 5.97 Å². The molecule has 7 heteroatoms. The molecule has 5 nitrogen and oxygen atoms in total. The van der Waals surface area contributed by atoms with Gasteiger partial charge in [-0.1, -0.05) is 0 Å². The molecular weight excluding hydrogens is 260 g/mol. The van der Waals surface area contributed by atoms with Gasteiger partial charge in [0, 0.05) is 6.54 Å². The number of hydrogen-bond acceptors (Lipinski definition) is 3. The van der Waals surface area contributed by atoms with Crippen LogP contribution in [0.4, 0.5) is 8.78 Å². The van der Waals surface area contributed by atoms with Crippen molar-refractivity contribution >= 4 is 11.9 Å². The molecule has 0 radical (unpaired) electrons. The Morgan fingerprint density at radius 1 is 1.37 bits per heavy atom. The smallest absolute Gasteiger partial charge is 0.334 e. The van der Waals surface area contributed by atoms with E-state index in [1.54, 1.807) is 0 Å². The van der Waals surface area contributed by atoms with Crippen LogP contribution in [0.15, 0.2) is 18.2 Å². The maximum Gasteiger partial charge on any atom is 0.334 e. The number of amides is 1. The predicted molar refractivity (Wildman–Crippen MR) is 59.6 cm³/mol. The summed E-state index contributed by atoms with van der Waals surface area (Å²) < 4.78 is 31.4. The molecule has 1 heterocycles. The molecule has 1 fully saturated rings. The average molecular weight is 271 g/mol. The lowest BCUT2D eigenvalue weighted by Crippen LogP contribution is -2.48. The SMILES string of the molecule is O=C(O)C1CN(C(=O)c2cc(F)ccc2F)CCO1. The third kappa shape index (κ3) is 2.87. The van der Waals surface area contributed by atoms with E-state index < -0.39 is 35.2 Å². The highest BCUT2D eigenvalue weighted by Crippen LogP contribution is 2.15. The van der Waals surface area contributed by atoms with Gasteiger partial charge in [0.2, 0.25) is 0 Å². The highest BCUT2D eigenvalue weighted by Gasteiger charge is 2.30. The van der Waals surface area contributed by atoms with Crippen LogP contribution in [0, 0.1) is 11.6 Å². The van der Waals surface area contributed by atoms with Crippen molar-refractivity contribution in [3.05, 3.63) is 35.4 Å². The second-order valence-electron chi connectivity index (χ2n) is 4.07. The lowest BCUT2D eigenvalue weighted by atomic mass is 10.1. The minimum absolute atomic E-state index is 0.0413. The van der Waals surface area contributed by atoms with Gasteiger partial charge in [-0.05, 0) is 18.2 Å². The van der Waals surface area contributed by atoms with E-state index in [-0.39, 0.29) is 19.7 Å². The summed E-state index contributed by atoms with van der Waals surface area (Å²) in [5, 5.41) is 8.81. The first-order chi connectivity index (χ1) is 8.99. The van der Waals surface area contributed by atoms with E-state index in [1.807, 2.05) is 0 Å². The van der Waals surface area contributed by atoms with Crippen molar-refractivity contribution in [3.8, 4) is 0 Å². The summed E-state index contributed by atoms with van der Waals surface area (Å²) in [6, 6.07) is 2.56. The maximum atomic E-state index is 13.5. The molecule has 0 bridgehead atoms. The van der Waals surface area contributed by atoms with Gasteiger partial charge in [0.15, 0.2) is 6.10 Å². The third-order valence-electron chi connectivity index (χ3n) is 2.79. The molecule has 1 aromatic carbocycles. The summed E-state index contributed by atoms with van der Waals surface area (Å²) >= 11 is 0. The molecule has 102 valence electrons. The number of carbonyl (C=O) groups excluding carboxylic acids is 1. The number of carboxylic acid groups (broad SMARTS) is 1. The highest BCUT2D eigenvalue weighted by atomic mass is 19.1. The quantitative estimate of drug-likeness (QED) is 0.867. The fraction of sp³-hybridized carbons (Fsp3) is 0.333. The molecule has 0 saturated carbocycles. The van der Waals surface area contributed by atoms with E-state index >= 15 is 0 Å². The molecule has 0 aromatic heterocycles. The van der Waals surface area contributed by atoms with E-state index in [2.05, 4.69) is 0 Å². The molecular formula is C12H11F2NO4. The Labute approximate surface area is 107 Å². The average Bonchev–Trinajstić information content (AvgIpc) is 2.41. The number of hydrogen-bond donors (Lipinski definition) is 1. The lowest BCUT2D eigenvalue weighted by molar-refractivity contribution is -0.154. The summed E-state index contributed by atoms with van der Waals surface area (Å²) in [6.45, 7) is -0.0116. The minimum atomic E-state index is -1.20. The van der Waals surface area contributed by atoms with E-state index in [0.29, 0.717) is 0 Å². The first-order valence-electron chi connectivity index (χ1n) is 5.58. The van der Waals surface area contributed by atoms with Gasteiger partial charge in [0.1, 0.15) is 11.6 Å². The number of nitrogens with zero attached hydrogens (tertiary/aromatic N) is 1. The number of aliphatic carboxylic acids is 1. The van der Waals surface area contributed by atoms with Crippen LogP contribution in [-0.2, 0) is 9.53 Å². The van der Waals surface area contributed by atoms with Gasteiger partial charge in [0.25, 0.3) is 5.91 Å². The van der Waals surface area contributed by atoms with Crippen LogP contribution >= 0.6 is 0 Å². The fourth-order valence-electron chi connectivity index (χ4n) is 1.81. The molecule has 2 rings (SSSR count). The van der Waals surface area contributed by atoms with Crippen LogP contribution in [0.25, 0.3) is 0 Å². The number of morpholine rings is 1. The predicted octanol–water partition coefficient (Wildman–Crippen LogP) is 0.890. The zero-order valence-corrected chi connectivity index (χ0v) is 9.81. The summed E-state index contributed by atoms with van der Waals surface area (Å²) in [4.78, 5) is 23.9. The molecule has 1 saturated heterocycles. The van der Waals surface area contributed by atoms with E-state index in [0.717, 1.165) is 23.1 Å². The first-order valence-corrected chi connectivity index (χ1v) is 5.58. The molecule has 1 N–H and O–H groups in total. The largest absolute Gasteiger partial charge is 0.479 e. The summed E-state index contributed by atoms with van der Waals surface area (Å²) in [7, 11) is 0. The third-order valence-corrected chi connectivity index (χ3v) is 2.79. The highest BCUT2D eigenvalue weighted by molar-refractivity contribution is 5.95. The molecule has 1 amide bonds. The van der Waals surface area contributed by atoms with E-state index in [4.69, 9.17) is 9.84 Å². The monoisotopic (exact) mass is 271 g/mol. The normalized spacial score (nSPS) is 19.3. The van der Waals surface area contributed by atoms with E-state index in [1.165, 1.54) is 0 Å². The number of ether oxygens (including phenoxy) is 1. The van der Waals surface area contributed by atoms with E-state index in [9.17, 15) is 18.4 Å². The van der Waals surface area contributed by atoms with Crippen LogP contribution in [0.2, 0.25) is 0 Å². The Balaban J connectivity index is 2.19. The number of benzene rings is 1. The summed E-state index contributed by atoms with van der Waals surface area (Å²) in [5.74, 6) is -3.51. The van der Waals surface area contributed by atoms with Gasteiger partial charge in [-0.3, -0.25) is 4.79 Å². The van der Waals surface area contributed by atoms with Crippen molar-refractivity contribution in [3.63, 3.8) is 0 Å². The van der Waals surface area contributed by atoms with Crippen molar-refractivity contribution in [1.29, 1.82) is 0 Å². The Morgan fingerprint density at radius 3 is 2.79 bits per heavy atom. The van der Waals surface area contributed by atoms with Crippen LogP contribution in [-0.4, -0.2) is 47.7 Å². The Bertz CT molecular complexity index is 520. The summed E-state index contributed by atoms with van der Waals surface area (Å²) in [5.41, 5.74) is -0.411. The second-order valence-corrected chi connectivity index (χ2v) is 4.07. The lowest BCUT2D eigenvalue weighted by Gasteiger charge is -2.30. The van der Waals surface area contributed by atoms with Crippen LogP contribution < -0.4 is 0 Å². The molecule has 1 unspecified atom stereocenters. The molecule has 0 spiro atoms. The molecule has 0 aliphatic carbocycles. The van der Waals surface area contributed by atoms with Crippen molar-refractivity contribution in [2.24, 2.45) is 0 Å². The Kier molecular flexibility index (Phi) is 3.75. The van der Waals surface area contributed by atoms with Gasteiger partial charge in [-0.2, -0.15) is 0 Å².